The Morgan fingerprint density at radius 1 is 1.44 bits per heavy atom. The first-order valence-corrected chi connectivity index (χ1v) is 7.74. The van der Waals surface area contributed by atoms with Gasteiger partial charge in [-0.2, -0.15) is 0 Å². The van der Waals surface area contributed by atoms with Crippen LogP contribution in [0.25, 0.3) is 0 Å². The van der Waals surface area contributed by atoms with Crippen molar-refractivity contribution in [3.63, 3.8) is 0 Å². The Morgan fingerprint density at radius 3 is 2.72 bits per heavy atom. The van der Waals surface area contributed by atoms with Crippen LogP contribution >= 0.6 is 11.3 Å². The third-order valence-electron chi connectivity index (χ3n) is 4.19. The molecule has 0 bridgehead atoms. The van der Waals surface area contributed by atoms with Crippen LogP contribution in [-0.2, 0) is 0 Å². The Morgan fingerprint density at radius 2 is 2.17 bits per heavy atom. The van der Waals surface area contributed by atoms with Crippen molar-refractivity contribution in [2.24, 2.45) is 11.7 Å². The van der Waals surface area contributed by atoms with Gasteiger partial charge >= 0.3 is 0 Å². The number of nitrogens with zero attached hydrogens (tertiary/aromatic N) is 2. The molecule has 0 spiro atoms. The summed E-state index contributed by atoms with van der Waals surface area (Å²) in [5, 5.41) is 1.18. The van der Waals surface area contributed by atoms with E-state index in [4.69, 9.17) is 10.7 Å². The summed E-state index contributed by atoms with van der Waals surface area (Å²) in [5.41, 5.74) is 7.11. The molecular formula is C14H25N3S. The van der Waals surface area contributed by atoms with Gasteiger partial charge in [0.05, 0.1) is 16.7 Å². The summed E-state index contributed by atoms with van der Waals surface area (Å²) in [7, 11) is 0. The third kappa shape index (κ3) is 2.76. The van der Waals surface area contributed by atoms with Crippen LogP contribution in [0, 0.1) is 19.8 Å². The van der Waals surface area contributed by atoms with Gasteiger partial charge in [-0.15, -0.1) is 11.3 Å². The molecule has 2 rings (SSSR count). The molecule has 2 N–H and O–H groups in total. The highest BCUT2D eigenvalue weighted by Crippen LogP contribution is 2.32. The number of aromatic nitrogens is 1. The van der Waals surface area contributed by atoms with E-state index in [1.807, 2.05) is 0 Å². The standard InChI is InChI=1S/C14H25N3S/c1-9-5-6-13(7-15)8-17(9)10(2)14-11(3)18-12(4)16-14/h9-10,13H,5-8,15H2,1-4H3. The number of nitrogens with two attached hydrogens (primary N) is 1. The van der Waals surface area contributed by atoms with Crippen LogP contribution < -0.4 is 5.73 Å². The van der Waals surface area contributed by atoms with Gasteiger partial charge in [0.25, 0.3) is 0 Å². The molecule has 1 aromatic heterocycles. The average Bonchev–Trinajstić information content (AvgIpc) is 2.68. The Labute approximate surface area is 114 Å². The maximum absolute atomic E-state index is 5.84. The molecule has 1 saturated heterocycles. The van der Waals surface area contributed by atoms with Gasteiger partial charge in [-0.1, -0.05) is 0 Å². The van der Waals surface area contributed by atoms with Crippen LogP contribution in [-0.4, -0.2) is 29.0 Å². The Kier molecular flexibility index (Phi) is 4.41. The number of hydrogen-bond acceptors (Lipinski definition) is 4. The number of rotatable bonds is 3. The molecule has 1 fully saturated rings. The van der Waals surface area contributed by atoms with E-state index in [0.717, 1.165) is 13.1 Å². The SMILES string of the molecule is Cc1nc(C(C)N2CC(CN)CCC2C)c(C)s1. The second-order valence-corrected chi connectivity index (χ2v) is 6.98. The van der Waals surface area contributed by atoms with Crippen LogP contribution in [0.2, 0.25) is 0 Å². The smallest absolute Gasteiger partial charge is 0.0900 e. The second-order valence-electron chi connectivity index (χ2n) is 5.58. The fourth-order valence-corrected chi connectivity index (χ4v) is 3.94. The van der Waals surface area contributed by atoms with Crippen molar-refractivity contribution in [3.8, 4) is 0 Å². The van der Waals surface area contributed by atoms with E-state index < -0.39 is 0 Å². The molecule has 0 aliphatic carbocycles. The van der Waals surface area contributed by atoms with Gasteiger partial charge in [0, 0.05) is 17.5 Å². The first-order chi connectivity index (χ1) is 8.52. The van der Waals surface area contributed by atoms with Crippen LogP contribution in [0.3, 0.4) is 0 Å². The molecular weight excluding hydrogens is 242 g/mol. The fourth-order valence-electron chi connectivity index (χ4n) is 3.03. The number of thiazole rings is 1. The molecule has 18 heavy (non-hydrogen) atoms. The van der Waals surface area contributed by atoms with Gasteiger partial charge in [0.1, 0.15) is 0 Å². The van der Waals surface area contributed by atoms with Crippen molar-refractivity contribution in [1.29, 1.82) is 0 Å². The molecule has 1 aliphatic heterocycles. The molecule has 102 valence electrons. The molecule has 0 amide bonds. The number of hydrogen-bond donors (Lipinski definition) is 1. The Hall–Kier alpha value is -0.450. The summed E-state index contributed by atoms with van der Waals surface area (Å²) >= 11 is 1.81. The minimum atomic E-state index is 0.416. The highest BCUT2D eigenvalue weighted by Gasteiger charge is 2.30. The molecule has 3 nitrogen and oxygen atoms in total. The monoisotopic (exact) mass is 267 g/mol. The molecule has 0 saturated carbocycles. The second kappa shape index (κ2) is 5.68. The molecule has 3 unspecified atom stereocenters. The zero-order valence-electron chi connectivity index (χ0n) is 11.9. The molecule has 2 heterocycles. The lowest BCUT2D eigenvalue weighted by Crippen LogP contribution is -2.45. The van der Waals surface area contributed by atoms with E-state index in [1.165, 1.54) is 28.4 Å². The van der Waals surface area contributed by atoms with Gasteiger partial charge in [-0.3, -0.25) is 4.90 Å². The first kappa shape index (κ1) is 14.0. The van der Waals surface area contributed by atoms with E-state index in [-0.39, 0.29) is 0 Å². The van der Waals surface area contributed by atoms with Crippen molar-refractivity contribution in [2.75, 3.05) is 13.1 Å². The molecule has 4 heteroatoms. The summed E-state index contributed by atoms with van der Waals surface area (Å²) in [4.78, 5) is 8.67. The zero-order valence-corrected chi connectivity index (χ0v) is 12.8. The zero-order chi connectivity index (χ0) is 13.3. The third-order valence-corrected chi connectivity index (χ3v) is 5.10. The number of aryl methyl sites for hydroxylation is 2. The van der Waals surface area contributed by atoms with Crippen molar-refractivity contribution in [3.05, 3.63) is 15.6 Å². The molecule has 0 radical (unpaired) electrons. The van der Waals surface area contributed by atoms with E-state index in [2.05, 4.69) is 32.6 Å². The van der Waals surface area contributed by atoms with Gasteiger partial charge in [-0.25, -0.2) is 4.98 Å². The van der Waals surface area contributed by atoms with Crippen molar-refractivity contribution < 1.29 is 0 Å². The van der Waals surface area contributed by atoms with Crippen molar-refractivity contribution in [1.82, 2.24) is 9.88 Å². The normalized spacial score (nSPS) is 27.4. The highest BCUT2D eigenvalue weighted by molar-refractivity contribution is 7.11. The first-order valence-electron chi connectivity index (χ1n) is 6.92. The quantitative estimate of drug-likeness (QED) is 0.915. The lowest BCUT2D eigenvalue weighted by Gasteiger charge is -2.41. The van der Waals surface area contributed by atoms with Gasteiger partial charge < -0.3 is 5.73 Å². The molecule has 3 atom stereocenters. The number of likely N-dealkylation sites (tertiary alicyclic amines) is 1. The summed E-state index contributed by atoms with van der Waals surface area (Å²) in [5.74, 6) is 0.656. The topological polar surface area (TPSA) is 42.2 Å². The summed E-state index contributed by atoms with van der Waals surface area (Å²) < 4.78 is 0. The van der Waals surface area contributed by atoms with E-state index in [0.29, 0.717) is 18.0 Å². The minimum Gasteiger partial charge on any atom is -0.330 e. The predicted molar refractivity (Wildman–Crippen MR) is 77.9 cm³/mol. The summed E-state index contributed by atoms with van der Waals surface area (Å²) in [6, 6.07) is 1.06. The summed E-state index contributed by atoms with van der Waals surface area (Å²) in [6.07, 6.45) is 2.53. The molecule has 1 aromatic rings. The highest BCUT2D eigenvalue weighted by atomic mass is 32.1. The Bertz CT molecular complexity index is 402. The van der Waals surface area contributed by atoms with Gasteiger partial charge in [0.2, 0.25) is 0 Å². The van der Waals surface area contributed by atoms with E-state index in [1.54, 1.807) is 11.3 Å². The van der Waals surface area contributed by atoms with Crippen molar-refractivity contribution in [2.45, 2.75) is 52.6 Å². The lowest BCUT2D eigenvalue weighted by atomic mass is 9.91. The van der Waals surface area contributed by atoms with Crippen molar-refractivity contribution >= 4 is 11.3 Å². The lowest BCUT2D eigenvalue weighted by molar-refractivity contribution is 0.0794. The minimum absolute atomic E-state index is 0.416. The molecule has 0 aromatic carbocycles. The van der Waals surface area contributed by atoms with E-state index >= 15 is 0 Å². The maximum atomic E-state index is 5.84. The fraction of sp³-hybridized carbons (Fsp3) is 0.786. The van der Waals surface area contributed by atoms with Crippen LogP contribution in [0.4, 0.5) is 0 Å². The van der Waals surface area contributed by atoms with Crippen LogP contribution in [0.5, 0.6) is 0 Å². The van der Waals surface area contributed by atoms with Crippen LogP contribution in [0.15, 0.2) is 0 Å². The van der Waals surface area contributed by atoms with Gasteiger partial charge in [0.15, 0.2) is 0 Å². The predicted octanol–water partition coefficient (Wildman–Crippen LogP) is 2.88. The summed E-state index contributed by atoms with van der Waals surface area (Å²) in [6.45, 7) is 10.8. The maximum Gasteiger partial charge on any atom is 0.0900 e. The Balaban J connectivity index is 2.16. The number of piperidine rings is 1. The van der Waals surface area contributed by atoms with Crippen LogP contribution in [0.1, 0.15) is 48.3 Å². The average molecular weight is 267 g/mol. The largest absolute Gasteiger partial charge is 0.330 e. The molecule has 1 aliphatic rings. The van der Waals surface area contributed by atoms with E-state index in [9.17, 15) is 0 Å². The van der Waals surface area contributed by atoms with Gasteiger partial charge in [-0.05, 0) is 53.0 Å².